The van der Waals surface area contributed by atoms with Crippen LogP contribution >= 0.6 is 15.9 Å². The fourth-order valence-electron chi connectivity index (χ4n) is 2.96. The topological polar surface area (TPSA) is 15.3 Å². The Morgan fingerprint density at radius 3 is 2.70 bits per heavy atom. The van der Waals surface area contributed by atoms with E-state index in [-0.39, 0.29) is 0 Å². The van der Waals surface area contributed by atoms with Crippen LogP contribution in [0.25, 0.3) is 0 Å². The Morgan fingerprint density at radius 2 is 1.95 bits per heavy atom. The minimum absolute atomic E-state index is 0.789. The van der Waals surface area contributed by atoms with E-state index in [0.717, 1.165) is 25.7 Å². The lowest BCUT2D eigenvalue weighted by atomic mass is 9.95. The second kappa shape index (κ2) is 8.81. The highest BCUT2D eigenvalue weighted by molar-refractivity contribution is 9.10. The predicted octanol–water partition coefficient (Wildman–Crippen LogP) is 4.19. The van der Waals surface area contributed by atoms with E-state index in [1.807, 2.05) is 0 Å². The molecule has 3 heteroatoms. The van der Waals surface area contributed by atoms with Crippen molar-refractivity contribution in [2.75, 3.05) is 20.1 Å². The molecule has 0 aromatic heterocycles. The molecule has 0 amide bonds. The maximum absolute atomic E-state index is 3.72. The van der Waals surface area contributed by atoms with Gasteiger partial charge in [-0.1, -0.05) is 53.4 Å². The lowest BCUT2D eigenvalue weighted by Gasteiger charge is -2.23. The highest BCUT2D eigenvalue weighted by Crippen LogP contribution is 2.18. The van der Waals surface area contributed by atoms with E-state index in [0.29, 0.717) is 0 Å². The molecule has 1 saturated carbocycles. The van der Waals surface area contributed by atoms with Crippen molar-refractivity contribution in [3.8, 4) is 0 Å². The van der Waals surface area contributed by atoms with Gasteiger partial charge in [-0.05, 0) is 51.0 Å². The molecule has 1 aliphatic carbocycles. The Labute approximate surface area is 132 Å². The van der Waals surface area contributed by atoms with Crippen molar-refractivity contribution < 1.29 is 0 Å². The summed E-state index contributed by atoms with van der Waals surface area (Å²) in [5.41, 5.74) is 1.37. The van der Waals surface area contributed by atoms with Crippen molar-refractivity contribution in [3.05, 3.63) is 34.3 Å². The fourth-order valence-corrected chi connectivity index (χ4v) is 3.37. The number of nitrogens with zero attached hydrogens (tertiary/aromatic N) is 1. The second-order valence-electron chi connectivity index (χ2n) is 5.97. The van der Waals surface area contributed by atoms with Crippen LogP contribution in [0.5, 0.6) is 0 Å². The lowest BCUT2D eigenvalue weighted by Crippen LogP contribution is -2.33. The molecule has 2 nitrogen and oxygen atoms in total. The smallest absolute Gasteiger partial charge is 0.0241 e. The van der Waals surface area contributed by atoms with Crippen molar-refractivity contribution >= 4 is 15.9 Å². The molecule has 1 aromatic carbocycles. The molecular weight excluding hydrogens is 312 g/mol. The summed E-state index contributed by atoms with van der Waals surface area (Å²) < 4.78 is 1.21. The fraction of sp³-hybridized carbons (Fsp3) is 0.647. The zero-order valence-corrected chi connectivity index (χ0v) is 14.2. The highest BCUT2D eigenvalue weighted by Gasteiger charge is 2.12. The first-order chi connectivity index (χ1) is 9.75. The number of halogens is 1. The molecule has 0 unspecified atom stereocenters. The molecule has 2 rings (SSSR count). The van der Waals surface area contributed by atoms with Gasteiger partial charge in [0, 0.05) is 17.1 Å². The van der Waals surface area contributed by atoms with Crippen LogP contribution < -0.4 is 5.32 Å². The molecule has 1 aromatic rings. The molecule has 0 saturated heterocycles. The first-order valence-corrected chi connectivity index (χ1v) is 8.70. The van der Waals surface area contributed by atoms with Crippen molar-refractivity contribution in [3.63, 3.8) is 0 Å². The Hall–Kier alpha value is -0.380. The van der Waals surface area contributed by atoms with Crippen LogP contribution in [-0.4, -0.2) is 31.1 Å². The van der Waals surface area contributed by atoms with Gasteiger partial charge in [-0.25, -0.2) is 0 Å². The van der Waals surface area contributed by atoms with Crippen molar-refractivity contribution in [2.24, 2.45) is 0 Å². The third kappa shape index (κ3) is 5.55. The number of hydrogen-bond donors (Lipinski definition) is 1. The van der Waals surface area contributed by atoms with Gasteiger partial charge in [-0.2, -0.15) is 0 Å². The van der Waals surface area contributed by atoms with Crippen LogP contribution in [0.1, 0.15) is 44.1 Å². The molecule has 112 valence electrons. The summed E-state index contributed by atoms with van der Waals surface area (Å²) in [5, 5.41) is 3.72. The zero-order valence-electron chi connectivity index (χ0n) is 12.6. The van der Waals surface area contributed by atoms with E-state index in [9.17, 15) is 0 Å². The highest BCUT2D eigenvalue weighted by atomic mass is 79.9. The molecule has 0 atom stereocenters. The molecule has 1 fully saturated rings. The first-order valence-electron chi connectivity index (χ1n) is 7.91. The summed E-state index contributed by atoms with van der Waals surface area (Å²) in [6.07, 6.45) is 8.27. The second-order valence-corrected chi connectivity index (χ2v) is 6.83. The number of benzene rings is 1. The Morgan fingerprint density at radius 1 is 1.20 bits per heavy atom. The van der Waals surface area contributed by atoms with Gasteiger partial charge < -0.3 is 10.2 Å². The van der Waals surface area contributed by atoms with Gasteiger partial charge in [0.15, 0.2) is 0 Å². The Balaban J connectivity index is 1.60. The van der Waals surface area contributed by atoms with E-state index in [2.05, 4.69) is 57.5 Å². The maximum Gasteiger partial charge on any atom is 0.0241 e. The molecular formula is C17H27BrN2. The summed E-state index contributed by atoms with van der Waals surface area (Å²) >= 11 is 3.62. The summed E-state index contributed by atoms with van der Waals surface area (Å²) in [6.45, 7) is 3.33. The van der Waals surface area contributed by atoms with Crippen LogP contribution in [0.4, 0.5) is 0 Å². The Bertz CT molecular complexity index is 388. The van der Waals surface area contributed by atoms with Crippen molar-refractivity contribution in [1.29, 1.82) is 0 Å². The third-order valence-corrected chi connectivity index (χ3v) is 4.93. The molecule has 20 heavy (non-hydrogen) atoms. The monoisotopic (exact) mass is 338 g/mol. The number of hydrogen-bond acceptors (Lipinski definition) is 2. The van der Waals surface area contributed by atoms with Crippen LogP contribution in [0.15, 0.2) is 28.7 Å². The summed E-state index contributed by atoms with van der Waals surface area (Å²) in [5.74, 6) is 0. The van der Waals surface area contributed by atoms with Crippen molar-refractivity contribution in [2.45, 2.75) is 51.1 Å². The quantitative estimate of drug-likeness (QED) is 0.749. The van der Waals surface area contributed by atoms with Gasteiger partial charge in [0.25, 0.3) is 0 Å². The van der Waals surface area contributed by atoms with Gasteiger partial charge in [0.05, 0.1) is 0 Å². The first kappa shape index (κ1) is 16.0. The minimum atomic E-state index is 0.789. The standard InChI is InChI=1S/C17H27BrN2/c1-20(14-15-8-5-6-11-17(15)18)13-7-12-19-16-9-3-2-4-10-16/h5-6,8,11,16,19H,2-4,7,9-10,12-14H2,1H3. The van der Waals surface area contributed by atoms with Gasteiger partial charge in [-0.15, -0.1) is 0 Å². The van der Waals surface area contributed by atoms with Crippen molar-refractivity contribution in [1.82, 2.24) is 10.2 Å². The molecule has 1 N–H and O–H groups in total. The largest absolute Gasteiger partial charge is 0.314 e. The molecule has 0 bridgehead atoms. The van der Waals surface area contributed by atoms with E-state index in [4.69, 9.17) is 0 Å². The molecule has 0 radical (unpaired) electrons. The molecule has 0 heterocycles. The third-order valence-electron chi connectivity index (χ3n) is 4.15. The van der Waals surface area contributed by atoms with E-state index >= 15 is 0 Å². The number of rotatable bonds is 7. The maximum atomic E-state index is 3.72. The van der Waals surface area contributed by atoms with Gasteiger partial charge >= 0.3 is 0 Å². The van der Waals surface area contributed by atoms with Crippen LogP contribution in [0, 0.1) is 0 Å². The van der Waals surface area contributed by atoms with Crippen LogP contribution in [0.2, 0.25) is 0 Å². The summed E-state index contributed by atoms with van der Waals surface area (Å²) in [6, 6.07) is 9.28. The van der Waals surface area contributed by atoms with Gasteiger partial charge in [0.2, 0.25) is 0 Å². The van der Waals surface area contributed by atoms with E-state index < -0.39 is 0 Å². The molecule has 1 aliphatic rings. The zero-order chi connectivity index (χ0) is 14.2. The average Bonchev–Trinajstić information content (AvgIpc) is 2.47. The predicted molar refractivity (Wildman–Crippen MR) is 90.0 cm³/mol. The SMILES string of the molecule is CN(CCCNC1CCCCC1)Cc1ccccc1Br. The Kier molecular flexibility index (Phi) is 7.05. The normalized spacial score (nSPS) is 16.8. The van der Waals surface area contributed by atoms with Gasteiger partial charge in [0.1, 0.15) is 0 Å². The van der Waals surface area contributed by atoms with Crippen LogP contribution in [-0.2, 0) is 6.54 Å². The van der Waals surface area contributed by atoms with E-state index in [1.165, 1.54) is 48.6 Å². The van der Waals surface area contributed by atoms with Crippen LogP contribution in [0.3, 0.4) is 0 Å². The van der Waals surface area contributed by atoms with Gasteiger partial charge in [-0.3, -0.25) is 0 Å². The average molecular weight is 339 g/mol. The van der Waals surface area contributed by atoms with E-state index in [1.54, 1.807) is 0 Å². The lowest BCUT2D eigenvalue weighted by molar-refractivity contribution is 0.307. The number of nitrogens with one attached hydrogen (secondary N) is 1. The molecule has 0 spiro atoms. The summed E-state index contributed by atoms with van der Waals surface area (Å²) in [4.78, 5) is 2.41. The minimum Gasteiger partial charge on any atom is -0.314 e. The summed E-state index contributed by atoms with van der Waals surface area (Å²) in [7, 11) is 2.21. The molecule has 0 aliphatic heterocycles.